The van der Waals surface area contributed by atoms with E-state index in [4.69, 9.17) is 0 Å². The zero-order valence-corrected chi connectivity index (χ0v) is 13.2. The van der Waals surface area contributed by atoms with E-state index in [1.165, 1.54) is 5.56 Å². The van der Waals surface area contributed by atoms with Crippen LogP contribution in [-0.2, 0) is 11.2 Å². The standard InChI is InChI=1S/C15H22BrNO/c1-14(2,17-13(18)15(3,4)16)11-10-12-8-6-5-7-9-12/h5-9H,10-11H2,1-4H3,(H,17,18). The van der Waals surface area contributed by atoms with Crippen LogP contribution in [0.3, 0.4) is 0 Å². The Morgan fingerprint density at radius 1 is 1.17 bits per heavy atom. The summed E-state index contributed by atoms with van der Waals surface area (Å²) in [6.07, 6.45) is 1.89. The minimum atomic E-state index is -0.517. The lowest BCUT2D eigenvalue weighted by Gasteiger charge is -2.29. The van der Waals surface area contributed by atoms with Crippen molar-refractivity contribution in [3.05, 3.63) is 35.9 Å². The molecule has 1 N–H and O–H groups in total. The van der Waals surface area contributed by atoms with Crippen LogP contribution in [0.25, 0.3) is 0 Å². The highest BCUT2D eigenvalue weighted by atomic mass is 79.9. The molecule has 3 heteroatoms. The molecule has 0 saturated heterocycles. The van der Waals surface area contributed by atoms with Gasteiger partial charge in [0.2, 0.25) is 5.91 Å². The van der Waals surface area contributed by atoms with Gasteiger partial charge in [0, 0.05) is 5.54 Å². The molecule has 100 valence electrons. The molecule has 0 heterocycles. The van der Waals surface area contributed by atoms with Gasteiger partial charge >= 0.3 is 0 Å². The number of carbonyl (C=O) groups is 1. The van der Waals surface area contributed by atoms with Crippen molar-refractivity contribution in [1.82, 2.24) is 5.32 Å². The van der Waals surface area contributed by atoms with E-state index in [9.17, 15) is 4.79 Å². The largest absolute Gasteiger partial charge is 0.350 e. The van der Waals surface area contributed by atoms with E-state index in [-0.39, 0.29) is 11.4 Å². The second-order valence-electron chi connectivity index (χ2n) is 5.80. The second-order valence-corrected chi connectivity index (χ2v) is 7.78. The summed E-state index contributed by atoms with van der Waals surface area (Å²) in [5.41, 5.74) is 1.11. The molecule has 0 aromatic heterocycles. The van der Waals surface area contributed by atoms with Gasteiger partial charge in [-0.2, -0.15) is 0 Å². The van der Waals surface area contributed by atoms with E-state index >= 15 is 0 Å². The summed E-state index contributed by atoms with van der Waals surface area (Å²) < 4.78 is -0.517. The summed E-state index contributed by atoms with van der Waals surface area (Å²) in [5.74, 6) is 0.0283. The van der Waals surface area contributed by atoms with E-state index in [1.807, 2.05) is 32.0 Å². The normalized spacial score (nSPS) is 12.3. The van der Waals surface area contributed by atoms with Crippen molar-refractivity contribution in [2.75, 3.05) is 0 Å². The van der Waals surface area contributed by atoms with Crippen LogP contribution in [0.2, 0.25) is 0 Å². The molecule has 0 unspecified atom stereocenters. The first-order valence-corrected chi connectivity index (χ1v) is 7.05. The SMILES string of the molecule is CC(C)(CCc1ccccc1)NC(=O)C(C)(C)Br. The fraction of sp³-hybridized carbons (Fsp3) is 0.533. The number of carbonyl (C=O) groups excluding carboxylic acids is 1. The number of halogens is 1. The monoisotopic (exact) mass is 311 g/mol. The molecular weight excluding hydrogens is 290 g/mol. The quantitative estimate of drug-likeness (QED) is 0.826. The zero-order valence-electron chi connectivity index (χ0n) is 11.6. The van der Waals surface area contributed by atoms with Crippen molar-refractivity contribution in [3.8, 4) is 0 Å². The first-order chi connectivity index (χ1) is 8.21. The molecule has 1 aromatic carbocycles. The lowest BCUT2D eigenvalue weighted by Crippen LogP contribution is -2.49. The Bertz CT molecular complexity index is 393. The van der Waals surface area contributed by atoms with Crippen LogP contribution in [0.5, 0.6) is 0 Å². The van der Waals surface area contributed by atoms with E-state index in [1.54, 1.807) is 0 Å². The number of hydrogen-bond acceptors (Lipinski definition) is 1. The van der Waals surface area contributed by atoms with Gasteiger partial charge in [0.1, 0.15) is 0 Å². The van der Waals surface area contributed by atoms with Gasteiger partial charge in [-0.25, -0.2) is 0 Å². The molecule has 0 radical (unpaired) electrons. The number of nitrogens with one attached hydrogen (secondary N) is 1. The maximum Gasteiger partial charge on any atom is 0.236 e. The van der Waals surface area contributed by atoms with Gasteiger partial charge in [-0.1, -0.05) is 46.3 Å². The van der Waals surface area contributed by atoms with Crippen molar-refractivity contribution < 1.29 is 4.79 Å². The Morgan fingerprint density at radius 2 is 1.72 bits per heavy atom. The Labute approximate surface area is 118 Å². The third kappa shape index (κ3) is 5.21. The smallest absolute Gasteiger partial charge is 0.236 e. The van der Waals surface area contributed by atoms with Gasteiger partial charge in [-0.15, -0.1) is 0 Å². The average molecular weight is 312 g/mol. The van der Waals surface area contributed by atoms with E-state index < -0.39 is 4.32 Å². The molecule has 0 atom stereocenters. The van der Waals surface area contributed by atoms with Gasteiger partial charge in [0.05, 0.1) is 4.32 Å². The number of benzene rings is 1. The van der Waals surface area contributed by atoms with Gasteiger partial charge in [0.15, 0.2) is 0 Å². The Morgan fingerprint density at radius 3 is 2.22 bits per heavy atom. The minimum absolute atomic E-state index is 0.0283. The van der Waals surface area contributed by atoms with Gasteiger partial charge in [-0.05, 0) is 46.1 Å². The summed E-state index contributed by atoms with van der Waals surface area (Å²) >= 11 is 3.38. The van der Waals surface area contributed by atoms with Crippen molar-refractivity contribution in [1.29, 1.82) is 0 Å². The lowest BCUT2D eigenvalue weighted by molar-refractivity contribution is -0.124. The second kappa shape index (κ2) is 5.87. The fourth-order valence-electron chi connectivity index (χ4n) is 1.62. The minimum Gasteiger partial charge on any atom is -0.350 e. The topological polar surface area (TPSA) is 29.1 Å². The first kappa shape index (κ1) is 15.2. The molecule has 0 spiro atoms. The summed E-state index contributed by atoms with van der Waals surface area (Å²) in [5, 5.41) is 3.08. The molecular formula is C15H22BrNO. The van der Waals surface area contributed by atoms with Crippen LogP contribution in [0.4, 0.5) is 0 Å². The van der Waals surface area contributed by atoms with Gasteiger partial charge < -0.3 is 5.32 Å². The Kier molecular flexibility index (Phi) is 4.97. The van der Waals surface area contributed by atoms with Gasteiger partial charge in [0.25, 0.3) is 0 Å². The molecule has 0 bridgehead atoms. The number of alkyl halides is 1. The summed E-state index contributed by atoms with van der Waals surface area (Å²) in [6, 6.07) is 10.3. The first-order valence-electron chi connectivity index (χ1n) is 6.26. The third-order valence-electron chi connectivity index (χ3n) is 2.87. The molecule has 1 amide bonds. The highest BCUT2D eigenvalue weighted by molar-refractivity contribution is 9.10. The molecule has 1 aromatic rings. The Hall–Kier alpha value is -0.830. The summed E-state index contributed by atoms with van der Waals surface area (Å²) in [4.78, 5) is 11.9. The highest BCUT2D eigenvalue weighted by Crippen LogP contribution is 2.19. The highest BCUT2D eigenvalue weighted by Gasteiger charge is 2.29. The van der Waals surface area contributed by atoms with E-state index in [0.29, 0.717) is 0 Å². The van der Waals surface area contributed by atoms with Crippen LogP contribution in [0, 0.1) is 0 Å². The zero-order chi connectivity index (χ0) is 13.8. The number of amides is 1. The van der Waals surface area contributed by atoms with Crippen molar-refractivity contribution in [2.24, 2.45) is 0 Å². The molecule has 18 heavy (non-hydrogen) atoms. The molecule has 0 saturated carbocycles. The van der Waals surface area contributed by atoms with Crippen LogP contribution in [-0.4, -0.2) is 15.8 Å². The molecule has 2 nitrogen and oxygen atoms in total. The maximum atomic E-state index is 11.9. The van der Waals surface area contributed by atoms with Crippen LogP contribution >= 0.6 is 15.9 Å². The number of rotatable bonds is 5. The fourth-order valence-corrected chi connectivity index (χ4v) is 1.72. The van der Waals surface area contributed by atoms with Crippen LogP contribution < -0.4 is 5.32 Å². The predicted molar refractivity (Wildman–Crippen MR) is 80.0 cm³/mol. The molecule has 0 aliphatic rings. The maximum absolute atomic E-state index is 11.9. The average Bonchev–Trinajstić information content (AvgIpc) is 2.26. The predicted octanol–water partition coefficient (Wildman–Crippen LogP) is 3.69. The van der Waals surface area contributed by atoms with Crippen molar-refractivity contribution in [3.63, 3.8) is 0 Å². The molecule has 0 fully saturated rings. The lowest BCUT2D eigenvalue weighted by atomic mass is 9.94. The van der Waals surface area contributed by atoms with Crippen molar-refractivity contribution >= 4 is 21.8 Å². The molecule has 0 aliphatic carbocycles. The summed E-state index contributed by atoms with van der Waals surface area (Å²) in [7, 11) is 0. The third-order valence-corrected chi connectivity index (χ3v) is 3.23. The summed E-state index contributed by atoms with van der Waals surface area (Å²) in [6.45, 7) is 7.84. The van der Waals surface area contributed by atoms with Gasteiger partial charge in [-0.3, -0.25) is 4.79 Å². The Balaban J connectivity index is 2.53. The molecule has 1 rings (SSSR count). The van der Waals surface area contributed by atoms with E-state index in [2.05, 4.69) is 47.2 Å². The van der Waals surface area contributed by atoms with Crippen LogP contribution in [0.15, 0.2) is 30.3 Å². The number of aryl methyl sites for hydroxylation is 1. The van der Waals surface area contributed by atoms with Crippen molar-refractivity contribution in [2.45, 2.75) is 50.4 Å². The van der Waals surface area contributed by atoms with Crippen LogP contribution in [0.1, 0.15) is 39.7 Å². The molecule has 0 aliphatic heterocycles. The van der Waals surface area contributed by atoms with E-state index in [0.717, 1.165) is 12.8 Å². The number of hydrogen-bond donors (Lipinski definition) is 1.